The first kappa shape index (κ1) is 16.3. The van der Waals surface area contributed by atoms with Gasteiger partial charge in [0, 0.05) is 0 Å². The quantitative estimate of drug-likeness (QED) is 0.206. The molecule has 0 aromatic rings. The first-order chi connectivity index (χ1) is 8.34. The van der Waals surface area contributed by atoms with Gasteiger partial charge in [0.1, 0.15) is 0 Å². The summed E-state index contributed by atoms with van der Waals surface area (Å²) >= 11 is 0. The lowest BCUT2D eigenvalue weighted by Gasteiger charge is -2.11. The van der Waals surface area contributed by atoms with Crippen LogP contribution in [0.25, 0.3) is 0 Å². The summed E-state index contributed by atoms with van der Waals surface area (Å²) in [6.45, 7) is 3.14. The summed E-state index contributed by atoms with van der Waals surface area (Å²) in [7, 11) is 0. The third-order valence-corrected chi connectivity index (χ3v) is 2.60. The fourth-order valence-corrected chi connectivity index (χ4v) is 1.20. The molecule has 0 fully saturated rings. The van der Waals surface area contributed by atoms with Crippen molar-refractivity contribution in [2.45, 2.75) is 51.6 Å². The van der Waals surface area contributed by atoms with Crippen molar-refractivity contribution in [2.75, 3.05) is 6.61 Å². The van der Waals surface area contributed by atoms with Crippen LogP contribution in [0.1, 0.15) is 46.0 Å². The number of unbranched alkanes of at least 4 members (excludes halogenated alkanes) is 2. The number of nitrogens with zero attached hydrogens (tertiary/aromatic N) is 2. The topological polar surface area (TPSA) is 113 Å². The largest absolute Gasteiger partial charge is 0.466 e. The third-order valence-electron chi connectivity index (χ3n) is 2.60. The summed E-state index contributed by atoms with van der Waals surface area (Å²) in [6, 6.07) is 0. The zero-order chi connectivity index (χ0) is 14.2. The molecule has 0 amide bonds. The van der Waals surface area contributed by atoms with Crippen LogP contribution in [0.15, 0.2) is 0 Å². The van der Waals surface area contributed by atoms with Gasteiger partial charge in [-0.1, -0.05) is 19.8 Å². The maximum atomic E-state index is 11.2. The highest BCUT2D eigenvalue weighted by Gasteiger charge is 2.50. The van der Waals surface area contributed by atoms with E-state index in [-0.39, 0.29) is 13.0 Å². The lowest BCUT2D eigenvalue weighted by Crippen LogP contribution is -2.43. The molecule has 0 saturated carbocycles. The highest BCUT2D eigenvalue weighted by atomic mass is 16.7. The first-order valence-electron chi connectivity index (χ1n) is 5.79. The number of hydrogen-bond donors (Lipinski definition) is 0. The van der Waals surface area contributed by atoms with Gasteiger partial charge >= 0.3 is 11.6 Å². The number of carbonyl (C=O) groups excluding carboxylic acids is 1. The molecule has 0 aliphatic carbocycles. The number of carbonyl (C=O) groups is 1. The Balaban J connectivity index is 4.10. The Labute approximate surface area is 105 Å². The van der Waals surface area contributed by atoms with Gasteiger partial charge in [-0.3, -0.25) is 25.0 Å². The molecule has 0 aliphatic heterocycles. The fourth-order valence-electron chi connectivity index (χ4n) is 1.20. The van der Waals surface area contributed by atoms with Crippen LogP contribution in [0.4, 0.5) is 0 Å². The first-order valence-corrected chi connectivity index (χ1v) is 5.79. The minimum Gasteiger partial charge on any atom is -0.466 e. The van der Waals surface area contributed by atoms with Crippen molar-refractivity contribution in [1.29, 1.82) is 0 Å². The Bertz CT molecular complexity index is 303. The van der Waals surface area contributed by atoms with Crippen LogP contribution >= 0.6 is 0 Å². The van der Waals surface area contributed by atoms with Crippen molar-refractivity contribution in [3.8, 4) is 0 Å². The minimum absolute atomic E-state index is 0.250. The molecule has 0 rings (SSSR count). The molecule has 0 unspecified atom stereocenters. The zero-order valence-electron chi connectivity index (χ0n) is 10.6. The predicted octanol–water partition coefficient (Wildman–Crippen LogP) is 1.77. The highest BCUT2D eigenvalue weighted by molar-refractivity contribution is 5.69. The molecule has 0 radical (unpaired) electrons. The summed E-state index contributed by atoms with van der Waals surface area (Å²) in [5.41, 5.74) is -2.33. The smallest absolute Gasteiger partial charge is 0.456 e. The van der Waals surface area contributed by atoms with Crippen LogP contribution < -0.4 is 0 Å². The Kier molecular flexibility index (Phi) is 6.84. The van der Waals surface area contributed by atoms with Crippen LogP contribution in [0.5, 0.6) is 0 Å². The molecule has 0 bridgehead atoms. The van der Waals surface area contributed by atoms with Gasteiger partial charge in [-0.25, -0.2) is 0 Å². The average Bonchev–Trinajstić information content (AvgIpc) is 2.31. The molecule has 0 heterocycles. The summed E-state index contributed by atoms with van der Waals surface area (Å²) in [4.78, 5) is 30.4. The number of ether oxygens (including phenoxy) is 1. The second kappa shape index (κ2) is 7.57. The molecule has 0 aliphatic rings. The van der Waals surface area contributed by atoms with E-state index in [1.165, 1.54) is 0 Å². The molecule has 0 spiro atoms. The SMILES string of the molecule is CCCCCOC(=O)CCC(C)([N+](=O)[O-])[N+](=O)[O-]. The third kappa shape index (κ3) is 5.07. The maximum Gasteiger partial charge on any atom is 0.456 e. The van der Waals surface area contributed by atoms with E-state index in [2.05, 4.69) is 0 Å². The zero-order valence-corrected chi connectivity index (χ0v) is 10.6. The van der Waals surface area contributed by atoms with Crippen LogP contribution in [-0.4, -0.2) is 28.1 Å². The van der Waals surface area contributed by atoms with E-state index in [0.29, 0.717) is 0 Å². The van der Waals surface area contributed by atoms with Crippen molar-refractivity contribution in [3.63, 3.8) is 0 Å². The summed E-state index contributed by atoms with van der Waals surface area (Å²) in [5, 5.41) is 21.2. The molecule has 8 nitrogen and oxygen atoms in total. The molecule has 0 N–H and O–H groups in total. The highest BCUT2D eigenvalue weighted by Crippen LogP contribution is 2.17. The number of rotatable bonds is 9. The molecule has 104 valence electrons. The van der Waals surface area contributed by atoms with E-state index in [1.807, 2.05) is 6.92 Å². The van der Waals surface area contributed by atoms with Gasteiger partial charge in [-0.15, -0.1) is 0 Å². The average molecular weight is 262 g/mol. The monoisotopic (exact) mass is 262 g/mol. The Morgan fingerprint density at radius 1 is 1.22 bits per heavy atom. The lowest BCUT2D eigenvalue weighted by molar-refractivity contribution is -0.792. The second-order valence-corrected chi connectivity index (χ2v) is 4.16. The van der Waals surface area contributed by atoms with E-state index in [0.717, 1.165) is 26.2 Å². The van der Waals surface area contributed by atoms with E-state index >= 15 is 0 Å². The van der Waals surface area contributed by atoms with Gasteiger partial charge in [0.15, 0.2) is 0 Å². The summed E-state index contributed by atoms with van der Waals surface area (Å²) in [5.74, 6) is -0.638. The molecule has 18 heavy (non-hydrogen) atoms. The van der Waals surface area contributed by atoms with Gasteiger partial charge in [0.2, 0.25) is 0 Å². The number of nitro groups is 2. The van der Waals surface area contributed by atoms with E-state index in [9.17, 15) is 25.0 Å². The van der Waals surface area contributed by atoms with Crippen molar-refractivity contribution in [2.24, 2.45) is 0 Å². The normalized spacial score (nSPS) is 11.0. The molecule has 0 atom stereocenters. The molecular formula is C10H18N2O6. The van der Waals surface area contributed by atoms with E-state index < -0.39 is 27.9 Å². The molecular weight excluding hydrogens is 244 g/mol. The minimum atomic E-state index is -2.33. The van der Waals surface area contributed by atoms with Crippen molar-refractivity contribution >= 4 is 5.97 Å². The van der Waals surface area contributed by atoms with Crippen LogP contribution in [0, 0.1) is 20.2 Å². The van der Waals surface area contributed by atoms with Crippen LogP contribution in [0.2, 0.25) is 0 Å². The number of hydrogen-bond acceptors (Lipinski definition) is 6. The Morgan fingerprint density at radius 3 is 2.22 bits per heavy atom. The van der Waals surface area contributed by atoms with E-state index in [4.69, 9.17) is 4.74 Å². The molecule has 8 heteroatoms. The standard InChI is InChI=1S/C10H18N2O6/c1-3-4-5-8-18-9(13)6-7-10(2,11(14)15)12(16)17/h3-8H2,1-2H3. The predicted molar refractivity (Wildman–Crippen MR) is 62.1 cm³/mol. The van der Waals surface area contributed by atoms with Crippen LogP contribution in [-0.2, 0) is 9.53 Å². The van der Waals surface area contributed by atoms with Gasteiger partial charge in [-0.2, -0.15) is 0 Å². The van der Waals surface area contributed by atoms with Gasteiger partial charge in [0.05, 0.1) is 36.2 Å². The van der Waals surface area contributed by atoms with Crippen molar-refractivity contribution in [3.05, 3.63) is 20.2 Å². The van der Waals surface area contributed by atoms with Crippen molar-refractivity contribution in [1.82, 2.24) is 0 Å². The van der Waals surface area contributed by atoms with Gasteiger partial charge in [-0.05, 0) is 6.42 Å². The van der Waals surface area contributed by atoms with Crippen LogP contribution in [0.3, 0.4) is 0 Å². The maximum absolute atomic E-state index is 11.2. The second-order valence-electron chi connectivity index (χ2n) is 4.16. The summed E-state index contributed by atoms with van der Waals surface area (Å²) in [6.07, 6.45) is 1.83. The molecule has 0 aromatic carbocycles. The Hall–Kier alpha value is -1.73. The molecule has 0 saturated heterocycles. The van der Waals surface area contributed by atoms with Gasteiger partial charge in [0.25, 0.3) is 0 Å². The Morgan fingerprint density at radius 2 is 1.78 bits per heavy atom. The fraction of sp³-hybridized carbons (Fsp3) is 0.900. The summed E-state index contributed by atoms with van der Waals surface area (Å²) < 4.78 is 4.81. The molecule has 0 aromatic heterocycles. The lowest BCUT2D eigenvalue weighted by atomic mass is 10.1. The van der Waals surface area contributed by atoms with Gasteiger partial charge < -0.3 is 4.74 Å². The van der Waals surface area contributed by atoms with Crippen molar-refractivity contribution < 1.29 is 19.4 Å². The number of esters is 1. The van der Waals surface area contributed by atoms with E-state index in [1.54, 1.807) is 0 Å².